The highest BCUT2D eigenvalue weighted by molar-refractivity contribution is 5.43. The zero-order chi connectivity index (χ0) is 11.7. The number of aliphatic hydroxyl groups excluding tert-OH is 1. The van der Waals surface area contributed by atoms with Crippen molar-refractivity contribution in [3.8, 4) is 0 Å². The summed E-state index contributed by atoms with van der Waals surface area (Å²) < 4.78 is 0. The third-order valence-electron chi connectivity index (χ3n) is 4.18. The molecule has 17 heavy (non-hydrogen) atoms. The van der Waals surface area contributed by atoms with Gasteiger partial charge in [0.2, 0.25) is 0 Å². The quantitative estimate of drug-likeness (QED) is 0.840. The molecule has 1 saturated carbocycles. The number of rotatable bonds is 3. The maximum atomic E-state index is 9.58. The van der Waals surface area contributed by atoms with Crippen LogP contribution >= 0.6 is 0 Å². The van der Waals surface area contributed by atoms with Gasteiger partial charge in [-0.1, -0.05) is 18.9 Å². The van der Waals surface area contributed by atoms with Crippen LogP contribution in [0.2, 0.25) is 0 Å². The SMILES string of the molecule is OCC1(Nc2ccc3c(n2)CCC3)CCCC1. The van der Waals surface area contributed by atoms with Gasteiger partial charge in [0, 0.05) is 5.69 Å². The maximum absolute atomic E-state index is 9.58. The van der Waals surface area contributed by atoms with E-state index in [-0.39, 0.29) is 12.1 Å². The Morgan fingerprint density at radius 2 is 2.00 bits per heavy atom. The van der Waals surface area contributed by atoms with Crippen LogP contribution in [0.15, 0.2) is 12.1 Å². The van der Waals surface area contributed by atoms with E-state index in [0.717, 1.165) is 25.1 Å². The van der Waals surface area contributed by atoms with Gasteiger partial charge in [0.15, 0.2) is 0 Å². The van der Waals surface area contributed by atoms with Gasteiger partial charge in [-0.3, -0.25) is 0 Å². The molecule has 0 bridgehead atoms. The Kier molecular flexibility index (Phi) is 2.79. The largest absolute Gasteiger partial charge is 0.394 e. The summed E-state index contributed by atoms with van der Waals surface area (Å²) in [5.74, 6) is 0.946. The van der Waals surface area contributed by atoms with Gasteiger partial charge in [-0.15, -0.1) is 0 Å². The maximum Gasteiger partial charge on any atom is 0.126 e. The standard InChI is InChI=1S/C14H20N2O/c17-10-14(8-1-2-9-14)16-13-7-6-11-4-3-5-12(11)15-13/h6-7,17H,1-5,8-10H2,(H,15,16). The van der Waals surface area contributed by atoms with Crippen molar-refractivity contribution in [1.82, 2.24) is 4.98 Å². The molecule has 0 aromatic carbocycles. The van der Waals surface area contributed by atoms with E-state index in [2.05, 4.69) is 22.4 Å². The molecule has 92 valence electrons. The fourth-order valence-electron chi connectivity index (χ4n) is 3.14. The molecule has 3 heteroatoms. The molecule has 0 atom stereocenters. The second-order valence-electron chi connectivity index (χ2n) is 5.43. The highest BCUT2D eigenvalue weighted by Gasteiger charge is 2.33. The minimum atomic E-state index is -0.111. The smallest absolute Gasteiger partial charge is 0.126 e. The fourth-order valence-corrected chi connectivity index (χ4v) is 3.14. The van der Waals surface area contributed by atoms with E-state index in [1.54, 1.807) is 0 Å². The van der Waals surface area contributed by atoms with Gasteiger partial charge < -0.3 is 10.4 Å². The summed E-state index contributed by atoms with van der Waals surface area (Å²) in [4.78, 5) is 4.69. The molecule has 2 aliphatic carbocycles. The molecule has 0 spiro atoms. The van der Waals surface area contributed by atoms with Crippen molar-refractivity contribution in [2.75, 3.05) is 11.9 Å². The number of aryl methyl sites for hydroxylation is 2. The third kappa shape index (κ3) is 2.04. The second-order valence-corrected chi connectivity index (χ2v) is 5.43. The molecule has 1 fully saturated rings. The van der Waals surface area contributed by atoms with Crippen molar-refractivity contribution >= 4 is 5.82 Å². The monoisotopic (exact) mass is 232 g/mol. The first kappa shape index (κ1) is 11.0. The lowest BCUT2D eigenvalue weighted by Gasteiger charge is -2.28. The topological polar surface area (TPSA) is 45.1 Å². The molecule has 0 saturated heterocycles. The minimum Gasteiger partial charge on any atom is -0.394 e. The highest BCUT2D eigenvalue weighted by Crippen LogP contribution is 2.33. The van der Waals surface area contributed by atoms with Gasteiger partial charge in [0.05, 0.1) is 12.1 Å². The average molecular weight is 232 g/mol. The van der Waals surface area contributed by atoms with Crippen LogP contribution in [0.25, 0.3) is 0 Å². The Balaban J connectivity index is 1.80. The van der Waals surface area contributed by atoms with E-state index in [1.807, 2.05) is 0 Å². The number of hydrogen-bond acceptors (Lipinski definition) is 3. The van der Waals surface area contributed by atoms with Crippen molar-refractivity contribution < 1.29 is 5.11 Å². The number of aromatic nitrogens is 1. The van der Waals surface area contributed by atoms with Crippen molar-refractivity contribution in [2.45, 2.75) is 50.5 Å². The lowest BCUT2D eigenvalue weighted by Crippen LogP contribution is -2.39. The molecule has 1 heterocycles. The van der Waals surface area contributed by atoms with Crippen LogP contribution < -0.4 is 5.32 Å². The molecular formula is C14H20N2O. The number of fused-ring (bicyclic) bond motifs is 1. The zero-order valence-electron chi connectivity index (χ0n) is 10.2. The third-order valence-corrected chi connectivity index (χ3v) is 4.18. The van der Waals surface area contributed by atoms with E-state index in [9.17, 15) is 5.11 Å². The van der Waals surface area contributed by atoms with E-state index in [4.69, 9.17) is 0 Å². The van der Waals surface area contributed by atoms with Crippen LogP contribution in [0, 0.1) is 0 Å². The Bertz CT molecular complexity index is 411. The van der Waals surface area contributed by atoms with Crippen LogP contribution in [-0.2, 0) is 12.8 Å². The van der Waals surface area contributed by atoms with Gasteiger partial charge in [-0.25, -0.2) is 4.98 Å². The summed E-state index contributed by atoms with van der Waals surface area (Å²) in [6.45, 7) is 0.214. The summed E-state index contributed by atoms with van der Waals surface area (Å²) in [6.07, 6.45) is 8.04. The number of pyridine rings is 1. The predicted octanol–water partition coefficient (Wildman–Crippen LogP) is 2.29. The lowest BCUT2D eigenvalue weighted by molar-refractivity contribution is 0.214. The van der Waals surface area contributed by atoms with E-state index >= 15 is 0 Å². The normalized spacial score (nSPS) is 21.5. The highest BCUT2D eigenvalue weighted by atomic mass is 16.3. The van der Waals surface area contributed by atoms with Crippen LogP contribution in [0.3, 0.4) is 0 Å². The van der Waals surface area contributed by atoms with Gasteiger partial charge in [-0.05, 0) is 43.7 Å². The number of nitrogens with zero attached hydrogens (tertiary/aromatic N) is 1. The lowest BCUT2D eigenvalue weighted by atomic mass is 9.99. The summed E-state index contributed by atoms with van der Waals surface area (Å²) >= 11 is 0. The zero-order valence-corrected chi connectivity index (χ0v) is 10.2. The summed E-state index contributed by atoms with van der Waals surface area (Å²) in [7, 11) is 0. The number of anilines is 1. The van der Waals surface area contributed by atoms with Crippen molar-refractivity contribution in [1.29, 1.82) is 0 Å². The Hall–Kier alpha value is -1.09. The Labute approximate surface area is 102 Å². The first-order valence-electron chi connectivity index (χ1n) is 6.69. The van der Waals surface area contributed by atoms with Crippen LogP contribution in [0.4, 0.5) is 5.82 Å². The first-order chi connectivity index (χ1) is 8.31. The summed E-state index contributed by atoms with van der Waals surface area (Å²) in [5.41, 5.74) is 2.54. The molecule has 3 rings (SSSR count). The van der Waals surface area contributed by atoms with Crippen molar-refractivity contribution in [2.24, 2.45) is 0 Å². The fraction of sp³-hybridized carbons (Fsp3) is 0.643. The number of nitrogens with one attached hydrogen (secondary N) is 1. The summed E-state index contributed by atoms with van der Waals surface area (Å²) in [5, 5.41) is 13.1. The number of aliphatic hydroxyl groups is 1. The van der Waals surface area contributed by atoms with Crippen molar-refractivity contribution in [3.05, 3.63) is 23.4 Å². The predicted molar refractivity (Wildman–Crippen MR) is 68.2 cm³/mol. The van der Waals surface area contributed by atoms with E-state index < -0.39 is 0 Å². The Morgan fingerprint density at radius 3 is 2.76 bits per heavy atom. The molecule has 0 amide bonds. The molecule has 1 aromatic rings. The van der Waals surface area contributed by atoms with E-state index in [1.165, 1.54) is 36.9 Å². The van der Waals surface area contributed by atoms with Gasteiger partial charge in [0.25, 0.3) is 0 Å². The Morgan fingerprint density at radius 1 is 1.18 bits per heavy atom. The molecule has 2 aliphatic rings. The molecular weight excluding hydrogens is 212 g/mol. The number of hydrogen-bond donors (Lipinski definition) is 2. The molecule has 0 radical (unpaired) electrons. The van der Waals surface area contributed by atoms with Gasteiger partial charge >= 0.3 is 0 Å². The van der Waals surface area contributed by atoms with Crippen molar-refractivity contribution in [3.63, 3.8) is 0 Å². The molecule has 1 aromatic heterocycles. The molecule has 0 unspecified atom stereocenters. The molecule has 0 aliphatic heterocycles. The van der Waals surface area contributed by atoms with Crippen LogP contribution in [-0.4, -0.2) is 22.2 Å². The van der Waals surface area contributed by atoms with Gasteiger partial charge in [0.1, 0.15) is 5.82 Å². The van der Waals surface area contributed by atoms with Crippen LogP contribution in [0.5, 0.6) is 0 Å². The average Bonchev–Trinajstić information content (AvgIpc) is 2.97. The van der Waals surface area contributed by atoms with E-state index in [0.29, 0.717) is 0 Å². The minimum absolute atomic E-state index is 0.111. The molecule has 3 nitrogen and oxygen atoms in total. The first-order valence-corrected chi connectivity index (χ1v) is 6.69. The molecule has 2 N–H and O–H groups in total. The van der Waals surface area contributed by atoms with Gasteiger partial charge in [-0.2, -0.15) is 0 Å². The summed E-state index contributed by atoms with van der Waals surface area (Å²) in [6, 6.07) is 4.26. The van der Waals surface area contributed by atoms with Crippen LogP contribution in [0.1, 0.15) is 43.4 Å². The second kappa shape index (κ2) is 4.30.